The zero-order valence-electron chi connectivity index (χ0n) is 28.4. The van der Waals surface area contributed by atoms with Crippen LogP contribution >= 0.6 is 0 Å². The molecule has 1 heterocycles. The van der Waals surface area contributed by atoms with E-state index in [1.54, 1.807) is 43.5 Å². The van der Waals surface area contributed by atoms with Crippen LogP contribution in [0.2, 0.25) is 0 Å². The Labute approximate surface area is 288 Å². The Balaban J connectivity index is 1.40. The van der Waals surface area contributed by atoms with E-state index in [-0.39, 0.29) is 55.0 Å². The number of carbonyl (C=O) groups is 3. The highest BCUT2D eigenvalue weighted by Gasteiger charge is 2.36. The smallest absolute Gasteiger partial charge is 0.322 e. The number of unbranched alkanes of at least 4 members (excludes halogenated alkanes) is 1. The predicted molar refractivity (Wildman–Crippen MR) is 189 cm³/mol. The summed E-state index contributed by atoms with van der Waals surface area (Å²) in [7, 11) is -2.50. The molecular weight excluding hydrogens is 644 g/mol. The minimum absolute atomic E-state index is 0.0487. The Morgan fingerprint density at radius 2 is 1.65 bits per heavy atom. The third-order valence-electron chi connectivity index (χ3n) is 8.28. The topological polar surface area (TPSA) is 158 Å². The van der Waals surface area contributed by atoms with Crippen LogP contribution in [0.3, 0.4) is 0 Å². The number of ether oxygens (including phenoxy) is 1. The summed E-state index contributed by atoms with van der Waals surface area (Å²) < 4.78 is 33.4. The van der Waals surface area contributed by atoms with Crippen LogP contribution in [0.1, 0.15) is 49.8 Å². The Morgan fingerprint density at radius 1 is 0.959 bits per heavy atom. The molecule has 4 rings (SSSR count). The highest BCUT2D eigenvalue weighted by atomic mass is 32.2. The third-order valence-corrected chi connectivity index (χ3v) is 10.2. The highest BCUT2D eigenvalue weighted by Crippen LogP contribution is 2.24. The number of H-pyrrole nitrogens is 1. The maximum absolute atomic E-state index is 13.6. The lowest BCUT2D eigenvalue weighted by atomic mass is 10.0. The van der Waals surface area contributed by atoms with E-state index in [1.807, 2.05) is 51.2 Å². The van der Waals surface area contributed by atoms with Gasteiger partial charge >= 0.3 is 5.97 Å². The van der Waals surface area contributed by atoms with Crippen molar-refractivity contribution in [1.29, 1.82) is 0 Å². The highest BCUT2D eigenvalue weighted by molar-refractivity contribution is 7.89. The van der Waals surface area contributed by atoms with Crippen molar-refractivity contribution >= 4 is 38.7 Å². The van der Waals surface area contributed by atoms with Gasteiger partial charge < -0.3 is 25.5 Å². The molecular formula is C37H46N4O7S. The molecule has 4 aromatic rings. The first-order valence-electron chi connectivity index (χ1n) is 16.4. The van der Waals surface area contributed by atoms with E-state index in [2.05, 4.69) is 15.6 Å². The number of aliphatic carboxylic acids is 1. The first-order valence-corrected chi connectivity index (χ1v) is 17.9. The number of carboxylic acids is 1. The van der Waals surface area contributed by atoms with Crippen molar-refractivity contribution in [2.24, 2.45) is 5.92 Å². The molecule has 2 amide bonds. The van der Waals surface area contributed by atoms with Crippen LogP contribution in [-0.4, -0.2) is 72.9 Å². The largest absolute Gasteiger partial charge is 0.497 e. The van der Waals surface area contributed by atoms with Crippen molar-refractivity contribution in [3.63, 3.8) is 0 Å². The van der Waals surface area contributed by atoms with Crippen molar-refractivity contribution in [3.8, 4) is 5.75 Å². The van der Waals surface area contributed by atoms with E-state index in [9.17, 15) is 27.9 Å². The Hall–Kier alpha value is -4.68. The monoisotopic (exact) mass is 690 g/mol. The number of sulfonamides is 1. The van der Waals surface area contributed by atoms with Gasteiger partial charge in [0.05, 0.1) is 18.4 Å². The van der Waals surface area contributed by atoms with E-state index >= 15 is 0 Å². The molecule has 0 unspecified atom stereocenters. The maximum atomic E-state index is 13.6. The second-order valence-electron chi connectivity index (χ2n) is 12.6. The van der Waals surface area contributed by atoms with Gasteiger partial charge in [0, 0.05) is 36.6 Å². The maximum Gasteiger partial charge on any atom is 0.322 e. The molecule has 0 aliphatic rings. The van der Waals surface area contributed by atoms with Gasteiger partial charge in [0.25, 0.3) is 0 Å². The molecule has 0 aliphatic heterocycles. The van der Waals surface area contributed by atoms with Crippen LogP contribution < -0.4 is 15.4 Å². The molecule has 1 aromatic heterocycles. The summed E-state index contributed by atoms with van der Waals surface area (Å²) in [6.07, 6.45) is 3.00. The number of aryl methyl sites for hydroxylation is 1. The zero-order chi connectivity index (χ0) is 35.6. The number of nitrogens with one attached hydrogen (secondary N) is 3. The lowest BCUT2D eigenvalue weighted by Gasteiger charge is -2.29. The Kier molecular flexibility index (Phi) is 13.0. The number of carbonyl (C=O) groups excluding carboxylic acids is 2. The van der Waals surface area contributed by atoms with Crippen molar-refractivity contribution < 1.29 is 32.6 Å². The number of benzene rings is 3. The van der Waals surface area contributed by atoms with Crippen LogP contribution in [0.25, 0.3) is 10.9 Å². The second kappa shape index (κ2) is 17.1. The number of aromatic amines is 1. The molecule has 11 nitrogen and oxygen atoms in total. The van der Waals surface area contributed by atoms with E-state index in [1.165, 1.54) is 12.1 Å². The Bertz CT molecular complexity index is 1820. The van der Waals surface area contributed by atoms with Crippen molar-refractivity contribution in [3.05, 3.63) is 95.7 Å². The van der Waals surface area contributed by atoms with Crippen molar-refractivity contribution in [2.75, 3.05) is 20.2 Å². The molecule has 0 saturated carbocycles. The molecule has 4 N–H and O–H groups in total. The van der Waals surface area contributed by atoms with Crippen LogP contribution in [0.15, 0.2) is 83.9 Å². The van der Waals surface area contributed by atoms with Crippen LogP contribution in [0, 0.1) is 12.8 Å². The normalized spacial score (nSPS) is 12.9. The van der Waals surface area contributed by atoms with Gasteiger partial charge in [-0.15, -0.1) is 0 Å². The lowest BCUT2D eigenvalue weighted by Crippen LogP contribution is -2.48. The van der Waals surface area contributed by atoms with Gasteiger partial charge in [-0.25, -0.2) is 8.42 Å². The van der Waals surface area contributed by atoms with Crippen LogP contribution in [0.4, 0.5) is 0 Å². The van der Waals surface area contributed by atoms with E-state index < -0.39 is 28.1 Å². The van der Waals surface area contributed by atoms with Gasteiger partial charge in [-0.05, 0) is 73.6 Å². The summed E-state index contributed by atoms with van der Waals surface area (Å²) in [5.74, 6) is -1.33. The van der Waals surface area contributed by atoms with E-state index in [4.69, 9.17) is 4.74 Å². The molecule has 0 radical (unpaired) electrons. The Morgan fingerprint density at radius 3 is 2.31 bits per heavy atom. The van der Waals surface area contributed by atoms with Gasteiger partial charge in [0.1, 0.15) is 17.8 Å². The third kappa shape index (κ3) is 10.2. The minimum Gasteiger partial charge on any atom is -0.497 e. The average Bonchev–Trinajstić information content (AvgIpc) is 3.48. The number of amides is 2. The molecule has 12 heteroatoms. The first-order chi connectivity index (χ1) is 23.4. The van der Waals surface area contributed by atoms with Crippen LogP contribution in [0.5, 0.6) is 5.75 Å². The molecule has 2 atom stereocenters. The lowest BCUT2D eigenvalue weighted by molar-refractivity contribution is -0.142. The summed E-state index contributed by atoms with van der Waals surface area (Å²) in [6, 6.07) is 19.1. The molecule has 0 bridgehead atoms. The molecule has 49 heavy (non-hydrogen) atoms. The number of carboxylic acid groups (broad SMARTS) is 1. The standard InChI is InChI=1S/C37H46N4O7S/c1-25(2)24-41(49(46,47)30-18-12-26(3)13-19-30)34(37(44)45)11-7-8-20-38-36(43)33(22-28-23-39-32-10-6-5-9-31(28)32)40-35(42)21-27-14-16-29(48-4)17-15-27/h5-6,9-10,12-19,23,25,33-34,39H,7-8,11,20-22,24H2,1-4H3,(H,38,43)(H,40,42)(H,44,45)/t33-,34-/m0/s1. The molecule has 0 fully saturated rings. The summed E-state index contributed by atoms with van der Waals surface area (Å²) in [4.78, 5) is 42.2. The molecule has 262 valence electrons. The van der Waals surface area contributed by atoms with Gasteiger partial charge in [0.15, 0.2) is 0 Å². The molecule has 0 spiro atoms. The predicted octanol–water partition coefficient (Wildman–Crippen LogP) is 4.84. The fraction of sp³-hybridized carbons (Fsp3) is 0.378. The fourth-order valence-corrected chi connectivity index (χ4v) is 7.47. The number of nitrogens with zero attached hydrogens (tertiary/aromatic N) is 1. The quantitative estimate of drug-likeness (QED) is 0.109. The van der Waals surface area contributed by atoms with Crippen molar-refractivity contribution in [2.45, 2.75) is 69.9 Å². The number of hydrogen-bond donors (Lipinski definition) is 4. The number of fused-ring (bicyclic) bond motifs is 1. The summed E-state index contributed by atoms with van der Waals surface area (Å²) in [6.45, 7) is 5.81. The number of para-hydroxylation sites is 1. The number of rotatable bonds is 18. The summed E-state index contributed by atoms with van der Waals surface area (Å²) in [5, 5.41) is 16.9. The average molecular weight is 691 g/mol. The van der Waals surface area contributed by atoms with Gasteiger partial charge in [-0.2, -0.15) is 4.31 Å². The number of aromatic nitrogens is 1. The SMILES string of the molecule is COc1ccc(CC(=O)N[C@@H](Cc2c[nH]c3ccccc23)C(=O)NCCCC[C@@H](C(=O)O)N(CC(C)C)S(=O)(=O)c2ccc(C)cc2)cc1. The fourth-order valence-electron chi connectivity index (χ4n) is 5.69. The number of methoxy groups -OCH3 is 1. The molecule has 0 aliphatic carbocycles. The van der Waals surface area contributed by atoms with Gasteiger partial charge in [-0.1, -0.05) is 61.9 Å². The van der Waals surface area contributed by atoms with Gasteiger partial charge in [-0.3, -0.25) is 14.4 Å². The molecule has 3 aromatic carbocycles. The second-order valence-corrected chi connectivity index (χ2v) is 14.5. The van der Waals surface area contributed by atoms with Crippen LogP contribution in [-0.2, 0) is 37.2 Å². The van der Waals surface area contributed by atoms with E-state index in [0.717, 1.165) is 31.9 Å². The molecule has 0 saturated heterocycles. The van der Waals surface area contributed by atoms with Gasteiger partial charge in [0.2, 0.25) is 21.8 Å². The zero-order valence-corrected chi connectivity index (χ0v) is 29.3. The summed E-state index contributed by atoms with van der Waals surface area (Å²) >= 11 is 0. The first kappa shape index (κ1) is 37.1. The minimum atomic E-state index is -4.07. The summed E-state index contributed by atoms with van der Waals surface area (Å²) in [5.41, 5.74) is 3.47. The number of hydrogen-bond acceptors (Lipinski definition) is 6. The van der Waals surface area contributed by atoms with E-state index in [0.29, 0.717) is 18.6 Å². The van der Waals surface area contributed by atoms with Crippen molar-refractivity contribution in [1.82, 2.24) is 19.9 Å².